The lowest BCUT2D eigenvalue weighted by Crippen LogP contribution is -2.50. The topological polar surface area (TPSA) is 53.8 Å². The fraction of sp³-hybridized carbons (Fsp3) is 0.179. The van der Waals surface area contributed by atoms with Crippen LogP contribution in [0.2, 0.25) is 0 Å². The van der Waals surface area contributed by atoms with Crippen molar-refractivity contribution in [3.05, 3.63) is 98.6 Å². The van der Waals surface area contributed by atoms with Crippen molar-refractivity contribution in [1.82, 2.24) is 0 Å². The van der Waals surface area contributed by atoms with Crippen LogP contribution in [0.5, 0.6) is 0 Å². The molecule has 45 heavy (non-hydrogen) atoms. The van der Waals surface area contributed by atoms with Gasteiger partial charge in [-0.1, -0.05) is 36.3 Å². The van der Waals surface area contributed by atoms with Gasteiger partial charge in [-0.15, -0.1) is 6.42 Å². The number of amides is 2. The zero-order chi connectivity index (χ0) is 34.1. The maximum Gasteiger partial charge on any atom is 0.435 e. The summed E-state index contributed by atoms with van der Waals surface area (Å²) in [6.07, 6.45) is -14.0. The summed E-state index contributed by atoms with van der Waals surface area (Å²) in [5.41, 5.74) is -14.1. The van der Waals surface area contributed by atoms with Crippen LogP contribution in [0.1, 0.15) is 31.8 Å². The first-order chi connectivity index (χ1) is 20.7. The standard InChI is InChI=1S/C28H13BrF11N3O2/c1-3-11-43(24(45)14-7-9-16(41-2)10-8-14)20-6-4-5-17(21(20)30)23(44)42-22-18(26(32,33)34)12-15(13-19(22)29)25(31,27(35,36)37)28(38,39)40/h1,4-10,12-13H,11H2,(H,42,44). The number of benzene rings is 3. The van der Waals surface area contributed by atoms with Crippen LogP contribution >= 0.6 is 15.9 Å². The van der Waals surface area contributed by atoms with Crippen molar-refractivity contribution in [3.63, 3.8) is 0 Å². The van der Waals surface area contributed by atoms with Crippen molar-refractivity contribution in [2.75, 3.05) is 16.8 Å². The molecule has 0 spiro atoms. The molecule has 3 aromatic carbocycles. The molecule has 0 aliphatic rings. The second-order valence-corrected chi connectivity index (χ2v) is 9.73. The third kappa shape index (κ3) is 6.73. The number of terminal acetylenes is 1. The van der Waals surface area contributed by atoms with Gasteiger partial charge in [-0.25, -0.2) is 13.6 Å². The number of carbonyl (C=O) groups excluding carboxylic acids is 2. The molecule has 2 amide bonds. The van der Waals surface area contributed by atoms with Crippen molar-refractivity contribution in [2.45, 2.75) is 24.2 Å². The highest BCUT2D eigenvalue weighted by Gasteiger charge is 2.73. The van der Waals surface area contributed by atoms with Gasteiger partial charge in [0, 0.05) is 15.6 Å². The predicted octanol–water partition coefficient (Wildman–Crippen LogP) is 8.98. The van der Waals surface area contributed by atoms with E-state index >= 15 is 4.39 Å². The Balaban J connectivity index is 2.11. The summed E-state index contributed by atoms with van der Waals surface area (Å²) in [6.45, 7) is 6.39. The van der Waals surface area contributed by atoms with Crippen LogP contribution in [0.4, 0.5) is 65.4 Å². The fourth-order valence-corrected chi connectivity index (χ4v) is 4.48. The Bertz CT molecular complexity index is 1700. The van der Waals surface area contributed by atoms with E-state index in [2.05, 4.69) is 26.7 Å². The molecule has 1 N–H and O–H groups in total. The van der Waals surface area contributed by atoms with Crippen molar-refractivity contribution in [3.8, 4) is 12.3 Å². The molecule has 0 fully saturated rings. The average Bonchev–Trinajstić information content (AvgIpc) is 2.94. The quantitative estimate of drug-likeness (QED) is 0.158. The SMILES string of the molecule is [C-]#[N+]c1ccc(C(=O)N(CC#C)c2cccc(C(=O)Nc3c(Br)cc(C(F)(C(F)(F)F)C(F)(F)F)cc3C(F)(F)F)c2F)cc1. The highest BCUT2D eigenvalue weighted by molar-refractivity contribution is 9.10. The van der Waals surface area contributed by atoms with E-state index in [1.807, 2.05) is 0 Å². The number of carbonyl (C=O) groups is 2. The van der Waals surface area contributed by atoms with E-state index in [0.29, 0.717) is 4.90 Å². The molecule has 0 saturated carbocycles. The summed E-state index contributed by atoms with van der Waals surface area (Å²) in [5.74, 6) is -2.02. The number of anilines is 2. The molecule has 0 unspecified atom stereocenters. The van der Waals surface area contributed by atoms with E-state index in [4.69, 9.17) is 13.0 Å². The smallest absolute Gasteiger partial charge is 0.320 e. The maximum absolute atomic E-state index is 15.6. The molecule has 17 heteroatoms. The van der Waals surface area contributed by atoms with E-state index in [1.165, 1.54) is 24.3 Å². The third-order valence-corrected chi connectivity index (χ3v) is 6.69. The number of nitrogens with one attached hydrogen (secondary N) is 1. The van der Waals surface area contributed by atoms with Crippen LogP contribution in [0, 0.1) is 24.7 Å². The van der Waals surface area contributed by atoms with Gasteiger partial charge in [0.1, 0.15) is 0 Å². The Labute approximate surface area is 254 Å². The van der Waals surface area contributed by atoms with Crippen molar-refractivity contribution in [2.24, 2.45) is 0 Å². The van der Waals surface area contributed by atoms with E-state index in [1.54, 1.807) is 5.32 Å². The Morgan fingerprint density at radius 1 is 0.933 bits per heavy atom. The van der Waals surface area contributed by atoms with Gasteiger partial charge in [0.2, 0.25) is 0 Å². The first-order valence-corrected chi connectivity index (χ1v) is 12.5. The highest BCUT2D eigenvalue weighted by atomic mass is 79.9. The largest absolute Gasteiger partial charge is 0.435 e. The van der Waals surface area contributed by atoms with Crippen molar-refractivity contribution < 1.29 is 57.9 Å². The number of alkyl halides is 10. The summed E-state index contributed by atoms with van der Waals surface area (Å²) < 4.78 is 150. The first-order valence-electron chi connectivity index (χ1n) is 11.7. The Hall–Kier alpha value is -4.64. The van der Waals surface area contributed by atoms with Crippen molar-refractivity contribution in [1.29, 1.82) is 0 Å². The van der Waals surface area contributed by atoms with Crippen LogP contribution in [0.25, 0.3) is 4.85 Å². The molecule has 0 saturated heterocycles. The predicted molar refractivity (Wildman–Crippen MR) is 142 cm³/mol. The summed E-state index contributed by atoms with van der Waals surface area (Å²) in [4.78, 5) is 29.9. The molecular formula is C28H13BrF11N3O2. The summed E-state index contributed by atoms with van der Waals surface area (Å²) in [6, 6.07) is 6.67. The molecule has 5 nitrogen and oxygen atoms in total. The number of hydrogen-bond donors (Lipinski definition) is 1. The Morgan fingerprint density at radius 3 is 2.00 bits per heavy atom. The normalized spacial score (nSPS) is 12.2. The third-order valence-electron chi connectivity index (χ3n) is 6.06. The van der Waals surface area contributed by atoms with Gasteiger partial charge in [0.05, 0.1) is 35.6 Å². The van der Waals surface area contributed by atoms with Gasteiger partial charge in [-0.05, 0) is 40.2 Å². The number of rotatable bonds is 6. The lowest BCUT2D eigenvalue weighted by molar-refractivity contribution is -0.348. The molecule has 3 rings (SSSR count). The van der Waals surface area contributed by atoms with Gasteiger partial charge >= 0.3 is 24.2 Å². The monoisotopic (exact) mass is 711 g/mol. The molecule has 0 heterocycles. The molecule has 0 bridgehead atoms. The Kier molecular flexibility index (Phi) is 9.60. The average molecular weight is 712 g/mol. The van der Waals surface area contributed by atoms with Crippen LogP contribution < -0.4 is 10.2 Å². The second kappa shape index (κ2) is 12.4. The van der Waals surface area contributed by atoms with E-state index in [9.17, 15) is 53.5 Å². The van der Waals surface area contributed by atoms with Crippen LogP contribution in [0.3, 0.4) is 0 Å². The maximum atomic E-state index is 15.6. The minimum atomic E-state index is -6.75. The molecule has 236 valence electrons. The molecule has 0 aliphatic carbocycles. The molecule has 3 aromatic rings. The lowest BCUT2D eigenvalue weighted by atomic mass is 9.92. The van der Waals surface area contributed by atoms with Gasteiger partial charge < -0.3 is 5.32 Å². The highest BCUT2D eigenvalue weighted by Crippen LogP contribution is 2.55. The molecule has 0 radical (unpaired) electrons. The first kappa shape index (κ1) is 34.8. The molecule has 0 aliphatic heterocycles. The summed E-state index contributed by atoms with van der Waals surface area (Å²) in [5, 5.41) is 1.57. The number of hydrogen-bond acceptors (Lipinski definition) is 2. The zero-order valence-electron chi connectivity index (χ0n) is 21.7. The van der Waals surface area contributed by atoms with Gasteiger partial charge in [0.15, 0.2) is 11.5 Å². The van der Waals surface area contributed by atoms with Crippen molar-refractivity contribution >= 4 is 44.8 Å². The van der Waals surface area contributed by atoms with E-state index in [-0.39, 0.29) is 17.3 Å². The molecular weight excluding hydrogens is 699 g/mol. The molecule has 0 aromatic heterocycles. The number of halogens is 12. The van der Waals surface area contributed by atoms with E-state index in [0.717, 1.165) is 18.2 Å². The van der Waals surface area contributed by atoms with Gasteiger partial charge in [-0.2, -0.15) is 39.5 Å². The number of nitrogens with zero attached hydrogens (tertiary/aromatic N) is 2. The molecule has 0 atom stereocenters. The summed E-state index contributed by atoms with van der Waals surface area (Å²) >= 11 is 2.35. The van der Waals surface area contributed by atoms with Crippen LogP contribution in [-0.2, 0) is 11.8 Å². The van der Waals surface area contributed by atoms with Crippen LogP contribution in [-0.4, -0.2) is 30.7 Å². The minimum absolute atomic E-state index is 0.0765. The lowest BCUT2D eigenvalue weighted by Gasteiger charge is -2.31. The van der Waals surface area contributed by atoms with Gasteiger partial charge in [0.25, 0.3) is 11.8 Å². The second-order valence-electron chi connectivity index (χ2n) is 8.88. The van der Waals surface area contributed by atoms with Gasteiger partial charge in [-0.3, -0.25) is 14.5 Å². The Morgan fingerprint density at radius 2 is 1.51 bits per heavy atom. The van der Waals surface area contributed by atoms with Crippen LogP contribution in [0.15, 0.2) is 59.1 Å². The fourth-order valence-electron chi connectivity index (χ4n) is 3.92. The minimum Gasteiger partial charge on any atom is -0.320 e. The van der Waals surface area contributed by atoms with E-state index < -0.39 is 87.0 Å². The summed E-state index contributed by atoms with van der Waals surface area (Å²) in [7, 11) is 0. The zero-order valence-corrected chi connectivity index (χ0v) is 23.3.